The standard InChI is InChI=1S/C21H28N6O3S/c1-15-14-31-20(23-15)11-18(28)25-26-19(29)13-27-10-6-5-9-17(27)12-22-21(30)24-16-7-3-2-4-8-16/h2-4,7-8,14,17H,5-6,9-13H2,1H3,(H,25,28)(H,26,29)(H2,22,24,30). The van der Waals surface area contributed by atoms with Crippen molar-refractivity contribution in [3.63, 3.8) is 0 Å². The van der Waals surface area contributed by atoms with Gasteiger partial charge in [0.05, 0.1) is 13.0 Å². The molecule has 9 nitrogen and oxygen atoms in total. The van der Waals surface area contributed by atoms with Gasteiger partial charge in [0.1, 0.15) is 5.01 Å². The summed E-state index contributed by atoms with van der Waals surface area (Å²) in [4.78, 5) is 42.7. The minimum absolute atomic E-state index is 0.0648. The molecule has 1 aliphatic heterocycles. The fourth-order valence-corrected chi connectivity index (χ4v) is 4.21. The fraction of sp³-hybridized carbons (Fsp3) is 0.429. The predicted molar refractivity (Wildman–Crippen MR) is 120 cm³/mol. The molecule has 3 rings (SSSR count). The zero-order valence-corrected chi connectivity index (χ0v) is 18.3. The first-order valence-electron chi connectivity index (χ1n) is 10.3. The van der Waals surface area contributed by atoms with Gasteiger partial charge in [-0.25, -0.2) is 9.78 Å². The summed E-state index contributed by atoms with van der Waals surface area (Å²) in [5.74, 6) is -0.596. The lowest BCUT2D eigenvalue weighted by Crippen LogP contribution is -2.53. The minimum atomic E-state index is -0.308. The van der Waals surface area contributed by atoms with E-state index in [-0.39, 0.29) is 36.9 Å². The number of hydrogen-bond acceptors (Lipinski definition) is 6. The van der Waals surface area contributed by atoms with Gasteiger partial charge in [0, 0.05) is 29.3 Å². The highest BCUT2D eigenvalue weighted by Gasteiger charge is 2.25. The molecule has 1 aliphatic rings. The topological polar surface area (TPSA) is 115 Å². The van der Waals surface area contributed by atoms with E-state index in [0.717, 1.165) is 37.2 Å². The molecule has 166 valence electrons. The number of benzene rings is 1. The Bertz CT molecular complexity index is 888. The Morgan fingerprint density at radius 1 is 1.13 bits per heavy atom. The maximum Gasteiger partial charge on any atom is 0.319 e. The average Bonchev–Trinajstić information content (AvgIpc) is 3.17. The molecule has 10 heteroatoms. The van der Waals surface area contributed by atoms with Crippen molar-refractivity contribution in [3.05, 3.63) is 46.4 Å². The molecule has 0 bridgehead atoms. The first kappa shape index (κ1) is 22.7. The number of carbonyl (C=O) groups excluding carboxylic acids is 3. The lowest BCUT2D eigenvalue weighted by atomic mass is 10.0. The second kappa shape index (κ2) is 11.4. The van der Waals surface area contributed by atoms with Gasteiger partial charge in [0.2, 0.25) is 5.91 Å². The number of hydrogen-bond donors (Lipinski definition) is 4. The third kappa shape index (κ3) is 7.65. The number of anilines is 1. The van der Waals surface area contributed by atoms with Crippen LogP contribution in [-0.2, 0) is 16.0 Å². The average molecular weight is 445 g/mol. The first-order valence-corrected chi connectivity index (χ1v) is 11.2. The number of thiazole rings is 1. The van der Waals surface area contributed by atoms with E-state index in [1.54, 1.807) is 0 Å². The minimum Gasteiger partial charge on any atom is -0.336 e. The molecule has 0 saturated carbocycles. The number of aromatic nitrogens is 1. The van der Waals surface area contributed by atoms with Crippen molar-refractivity contribution in [2.24, 2.45) is 0 Å². The Labute approximate surface area is 185 Å². The van der Waals surface area contributed by atoms with Gasteiger partial charge in [-0.3, -0.25) is 25.3 Å². The highest BCUT2D eigenvalue weighted by molar-refractivity contribution is 7.09. The Morgan fingerprint density at radius 3 is 2.65 bits per heavy atom. The van der Waals surface area contributed by atoms with Crippen molar-refractivity contribution in [1.29, 1.82) is 0 Å². The molecule has 4 amide bonds. The number of hydrazine groups is 1. The molecule has 1 unspecified atom stereocenters. The van der Waals surface area contributed by atoms with E-state index >= 15 is 0 Å². The molecule has 1 atom stereocenters. The van der Waals surface area contributed by atoms with Gasteiger partial charge in [0.15, 0.2) is 0 Å². The van der Waals surface area contributed by atoms with E-state index < -0.39 is 0 Å². The number of carbonyl (C=O) groups is 3. The number of urea groups is 1. The molecule has 0 aliphatic carbocycles. The van der Waals surface area contributed by atoms with Crippen LogP contribution < -0.4 is 21.5 Å². The summed E-state index contributed by atoms with van der Waals surface area (Å²) < 4.78 is 0. The highest BCUT2D eigenvalue weighted by atomic mass is 32.1. The number of aryl methyl sites for hydroxylation is 1. The van der Waals surface area contributed by atoms with Crippen LogP contribution in [0.5, 0.6) is 0 Å². The number of nitrogens with zero attached hydrogens (tertiary/aromatic N) is 2. The Balaban J connectivity index is 1.40. The summed E-state index contributed by atoms with van der Waals surface area (Å²) in [6.45, 7) is 3.24. The maximum absolute atomic E-state index is 12.3. The molecule has 2 aromatic rings. The predicted octanol–water partition coefficient (Wildman–Crippen LogP) is 1.82. The maximum atomic E-state index is 12.3. The lowest BCUT2D eigenvalue weighted by molar-refractivity contribution is -0.129. The second-order valence-electron chi connectivity index (χ2n) is 7.48. The summed E-state index contributed by atoms with van der Waals surface area (Å²) in [6.07, 6.45) is 3.07. The van der Waals surface area contributed by atoms with Crippen LogP contribution in [0.15, 0.2) is 35.7 Å². The van der Waals surface area contributed by atoms with Gasteiger partial charge in [0.25, 0.3) is 5.91 Å². The molecule has 1 aromatic heterocycles. The van der Waals surface area contributed by atoms with Crippen LogP contribution in [0.1, 0.15) is 30.0 Å². The van der Waals surface area contributed by atoms with Crippen molar-refractivity contribution >= 4 is 34.9 Å². The van der Waals surface area contributed by atoms with Crippen LogP contribution in [-0.4, -0.2) is 53.4 Å². The van der Waals surface area contributed by atoms with Gasteiger partial charge >= 0.3 is 6.03 Å². The SMILES string of the molecule is Cc1csc(CC(=O)NNC(=O)CN2CCCCC2CNC(=O)Nc2ccccc2)n1. The third-order valence-corrected chi connectivity index (χ3v) is 5.91. The molecule has 2 heterocycles. The Morgan fingerprint density at radius 2 is 1.90 bits per heavy atom. The van der Waals surface area contributed by atoms with Gasteiger partial charge in [-0.1, -0.05) is 24.6 Å². The normalized spacial score (nSPS) is 16.4. The van der Waals surface area contributed by atoms with Crippen molar-refractivity contribution in [1.82, 2.24) is 26.1 Å². The van der Waals surface area contributed by atoms with Crippen LogP contribution in [0, 0.1) is 6.92 Å². The smallest absolute Gasteiger partial charge is 0.319 e. The zero-order chi connectivity index (χ0) is 22.1. The molecule has 4 N–H and O–H groups in total. The van der Waals surface area contributed by atoms with Crippen molar-refractivity contribution in [3.8, 4) is 0 Å². The number of rotatable bonds is 7. The van der Waals surface area contributed by atoms with Crippen LogP contribution >= 0.6 is 11.3 Å². The second-order valence-corrected chi connectivity index (χ2v) is 8.42. The van der Waals surface area contributed by atoms with Crippen LogP contribution in [0.25, 0.3) is 0 Å². The molecule has 0 spiro atoms. The molecule has 1 saturated heterocycles. The number of amides is 4. The quantitative estimate of drug-likeness (QED) is 0.486. The van der Waals surface area contributed by atoms with Crippen LogP contribution in [0.3, 0.4) is 0 Å². The molecular weight excluding hydrogens is 416 g/mol. The largest absolute Gasteiger partial charge is 0.336 e. The van der Waals surface area contributed by atoms with E-state index in [2.05, 4.69) is 26.5 Å². The van der Waals surface area contributed by atoms with Gasteiger partial charge in [-0.05, 0) is 38.4 Å². The van der Waals surface area contributed by atoms with Crippen LogP contribution in [0.4, 0.5) is 10.5 Å². The van der Waals surface area contributed by atoms with Crippen molar-refractivity contribution < 1.29 is 14.4 Å². The molecule has 1 aromatic carbocycles. The van der Waals surface area contributed by atoms with Gasteiger partial charge in [-0.2, -0.15) is 0 Å². The number of likely N-dealkylation sites (tertiary alicyclic amines) is 1. The number of piperidine rings is 1. The number of para-hydroxylation sites is 1. The molecule has 1 fully saturated rings. The van der Waals surface area contributed by atoms with E-state index in [1.807, 2.05) is 47.5 Å². The summed E-state index contributed by atoms with van der Waals surface area (Å²) in [5, 5.41) is 8.27. The van der Waals surface area contributed by atoms with Crippen LogP contribution in [0.2, 0.25) is 0 Å². The molecular formula is C21H28N6O3S. The van der Waals surface area contributed by atoms with Crippen molar-refractivity contribution in [2.75, 3.05) is 25.0 Å². The first-order chi connectivity index (χ1) is 15.0. The van der Waals surface area contributed by atoms with E-state index in [0.29, 0.717) is 11.6 Å². The van der Waals surface area contributed by atoms with Gasteiger partial charge in [-0.15, -0.1) is 11.3 Å². The lowest BCUT2D eigenvalue weighted by Gasteiger charge is -2.35. The summed E-state index contributed by atoms with van der Waals surface area (Å²) >= 11 is 1.42. The van der Waals surface area contributed by atoms with Gasteiger partial charge < -0.3 is 10.6 Å². The number of nitrogens with one attached hydrogen (secondary N) is 4. The van der Waals surface area contributed by atoms with E-state index in [1.165, 1.54) is 11.3 Å². The van der Waals surface area contributed by atoms with Crippen molar-refractivity contribution in [2.45, 2.75) is 38.6 Å². The Hall–Kier alpha value is -2.98. The summed E-state index contributed by atoms with van der Waals surface area (Å²) in [5.41, 5.74) is 6.52. The zero-order valence-electron chi connectivity index (χ0n) is 17.5. The summed E-state index contributed by atoms with van der Waals surface area (Å²) in [7, 11) is 0. The molecule has 0 radical (unpaired) electrons. The summed E-state index contributed by atoms with van der Waals surface area (Å²) in [6, 6.07) is 9.03. The van der Waals surface area contributed by atoms with E-state index in [4.69, 9.17) is 0 Å². The third-order valence-electron chi connectivity index (χ3n) is 4.95. The monoisotopic (exact) mass is 444 g/mol. The fourth-order valence-electron chi connectivity index (χ4n) is 3.44. The van der Waals surface area contributed by atoms with E-state index in [9.17, 15) is 14.4 Å². The molecule has 31 heavy (non-hydrogen) atoms. The highest BCUT2D eigenvalue weighted by Crippen LogP contribution is 2.16. The Kier molecular flexibility index (Phi) is 8.36.